The normalized spacial score (nSPS) is 14.9. The number of hydrogen-bond acceptors (Lipinski definition) is 6. The number of sulfonamides is 1. The summed E-state index contributed by atoms with van der Waals surface area (Å²) in [7, 11) is -3.94. The van der Waals surface area contributed by atoms with Gasteiger partial charge in [-0.1, -0.05) is 48.8 Å². The number of para-hydroxylation sites is 1. The molecule has 1 aliphatic rings. The molecular weight excluding hydrogens is 452 g/mol. The van der Waals surface area contributed by atoms with E-state index in [1.807, 2.05) is 13.8 Å². The second kappa shape index (κ2) is 8.91. The van der Waals surface area contributed by atoms with Gasteiger partial charge < -0.3 is 9.84 Å². The SMILES string of the molecule is CC(C)C(NC(=O)c1cccc(S(=O)(=O)Nc2ccccc2Cl)c1)c1nc(C2CC2)no1. The molecule has 1 aliphatic carbocycles. The lowest BCUT2D eigenvalue weighted by Gasteiger charge is -2.19. The van der Waals surface area contributed by atoms with Crippen LogP contribution in [0, 0.1) is 5.92 Å². The van der Waals surface area contributed by atoms with E-state index in [2.05, 4.69) is 20.2 Å². The first-order chi connectivity index (χ1) is 15.2. The van der Waals surface area contributed by atoms with Gasteiger partial charge in [0.2, 0.25) is 5.89 Å². The summed E-state index contributed by atoms with van der Waals surface area (Å²) in [6.07, 6.45) is 2.09. The number of carbonyl (C=O) groups is 1. The molecule has 168 valence electrons. The second-order valence-corrected chi connectivity index (χ2v) is 10.2. The van der Waals surface area contributed by atoms with Crippen LogP contribution in [0.15, 0.2) is 57.9 Å². The largest absolute Gasteiger partial charge is 0.340 e. The van der Waals surface area contributed by atoms with Crippen LogP contribution in [0.4, 0.5) is 5.69 Å². The van der Waals surface area contributed by atoms with Crippen LogP contribution in [-0.4, -0.2) is 24.5 Å². The molecule has 4 rings (SSSR count). The Balaban J connectivity index is 1.53. The molecule has 1 amide bonds. The van der Waals surface area contributed by atoms with Crippen molar-refractivity contribution in [1.82, 2.24) is 15.5 Å². The maximum absolute atomic E-state index is 12.9. The van der Waals surface area contributed by atoms with Crippen molar-refractivity contribution in [3.05, 3.63) is 70.8 Å². The Kier molecular flexibility index (Phi) is 6.21. The number of halogens is 1. The second-order valence-electron chi connectivity index (χ2n) is 8.07. The third-order valence-electron chi connectivity index (χ3n) is 5.14. The van der Waals surface area contributed by atoms with E-state index in [1.165, 1.54) is 18.2 Å². The molecule has 1 fully saturated rings. The third-order valence-corrected chi connectivity index (χ3v) is 6.84. The lowest BCUT2D eigenvalue weighted by Crippen LogP contribution is -2.32. The number of aromatic nitrogens is 2. The van der Waals surface area contributed by atoms with E-state index in [0.717, 1.165) is 12.8 Å². The van der Waals surface area contributed by atoms with Crippen LogP contribution in [0.3, 0.4) is 0 Å². The van der Waals surface area contributed by atoms with Crippen molar-refractivity contribution >= 4 is 33.2 Å². The molecule has 1 unspecified atom stereocenters. The van der Waals surface area contributed by atoms with E-state index < -0.39 is 22.0 Å². The minimum atomic E-state index is -3.94. The Morgan fingerprint density at radius 2 is 1.91 bits per heavy atom. The summed E-state index contributed by atoms with van der Waals surface area (Å²) in [5.74, 6) is 0.895. The molecule has 0 bridgehead atoms. The molecule has 3 aromatic rings. The molecule has 2 N–H and O–H groups in total. The first kappa shape index (κ1) is 22.3. The average molecular weight is 475 g/mol. The predicted octanol–water partition coefficient (Wildman–Crippen LogP) is 4.53. The monoisotopic (exact) mass is 474 g/mol. The standard InChI is InChI=1S/C22H23ClN4O4S/c1-13(2)19(22-25-20(26-31-22)14-10-11-14)24-21(28)15-6-5-7-16(12-15)32(29,30)27-18-9-4-3-8-17(18)23/h3-9,12-14,19,27H,10-11H2,1-2H3,(H,24,28). The number of carbonyl (C=O) groups excluding carboxylic acids is 1. The highest BCUT2D eigenvalue weighted by atomic mass is 35.5. The molecule has 1 atom stereocenters. The zero-order valence-corrected chi connectivity index (χ0v) is 19.2. The van der Waals surface area contributed by atoms with E-state index in [-0.39, 0.29) is 27.1 Å². The highest BCUT2D eigenvalue weighted by molar-refractivity contribution is 7.92. The van der Waals surface area contributed by atoms with Gasteiger partial charge in [-0.3, -0.25) is 9.52 Å². The number of rotatable bonds is 8. The fourth-order valence-electron chi connectivity index (χ4n) is 3.17. The van der Waals surface area contributed by atoms with Crippen molar-refractivity contribution in [2.24, 2.45) is 5.92 Å². The zero-order chi connectivity index (χ0) is 22.9. The molecule has 0 aliphatic heterocycles. The number of nitrogens with zero attached hydrogens (tertiary/aromatic N) is 2. The van der Waals surface area contributed by atoms with Gasteiger partial charge in [0.25, 0.3) is 15.9 Å². The summed E-state index contributed by atoms with van der Waals surface area (Å²) in [5, 5.41) is 7.18. The summed E-state index contributed by atoms with van der Waals surface area (Å²) in [5.41, 5.74) is 0.450. The summed E-state index contributed by atoms with van der Waals surface area (Å²) in [6, 6.07) is 11.8. The minimum Gasteiger partial charge on any atom is -0.340 e. The Bertz CT molecular complexity index is 1240. The van der Waals surface area contributed by atoms with E-state index in [0.29, 0.717) is 17.6 Å². The van der Waals surface area contributed by atoms with E-state index in [9.17, 15) is 13.2 Å². The average Bonchev–Trinajstić information content (AvgIpc) is 3.50. The Hall–Kier alpha value is -2.91. The van der Waals surface area contributed by atoms with Crippen LogP contribution in [0.25, 0.3) is 0 Å². The maximum Gasteiger partial charge on any atom is 0.261 e. The van der Waals surface area contributed by atoms with Gasteiger partial charge in [0.1, 0.15) is 6.04 Å². The fourth-order valence-corrected chi connectivity index (χ4v) is 4.54. The van der Waals surface area contributed by atoms with Gasteiger partial charge in [-0.05, 0) is 49.1 Å². The van der Waals surface area contributed by atoms with Gasteiger partial charge >= 0.3 is 0 Å². The van der Waals surface area contributed by atoms with Gasteiger partial charge in [0, 0.05) is 11.5 Å². The van der Waals surface area contributed by atoms with E-state index in [4.69, 9.17) is 16.1 Å². The molecule has 0 spiro atoms. The molecule has 8 nitrogen and oxygen atoms in total. The summed E-state index contributed by atoms with van der Waals surface area (Å²) in [4.78, 5) is 17.3. The van der Waals surface area contributed by atoms with Crippen LogP contribution in [0.1, 0.15) is 60.7 Å². The fraction of sp³-hybridized carbons (Fsp3) is 0.318. The van der Waals surface area contributed by atoms with Gasteiger partial charge in [0.15, 0.2) is 5.82 Å². The lowest BCUT2D eigenvalue weighted by molar-refractivity contribution is 0.0913. The van der Waals surface area contributed by atoms with Crippen molar-refractivity contribution < 1.29 is 17.7 Å². The third kappa shape index (κ3) is 4.94. The van der Waals surface area contributed by atoms with Crippen molar-refractivity contribution in [1.29, 1.82) is 0 Å². The molecule has 2 aromatic carbocycles. The number of amides is 1. The molecule has 0 saturated heterocycles. The quantitative estimate of drug-likeness (QED) is 0.495. The minimum absolute atomic E-state index is 0.0137. The van der Waals surface area contributed by atoms with Crippen molar-refractivity contribution in [3.8, 4) is 0 Å². The zero-order valence-electron chi connectivity index (χ0n) is 17.6. The number of nitrogens with one attached hydrogen (secondary N) is 2. The molecule has 10 heteroatoms. The van der Waals surface area contributed by atoms with Crippen molar-refractivity contribution in [2.45, 2.75) is 43.5 Å². The number of anilines is 1. The van der Waals surface area contributed by atoms with Crippen molar-refractivity contribution in [3.63, 3.8) is 0 Å². The molecule has 1 heterocycles. The highest BCUT2D eigenvalue weighted by Crippen LogP contribution is 2.38. The van der Waals surface area contributed by atoms with Gasteiger partial charge in [-0.2, -0.15) is 4.98 Å². The first-order valence-electron chi connectivity index (χ1n) is 10.3. The van der Waals surface area contributed by atoms with E-state index in [1.54, 1.807) is 30.3 Å². The Morgan fingerprint density at radius 1 is 1.16 bits per heavy atom. The van der Waals surface area contributed by atoms with Gasteiger partial charge in [0.05, 0.1) is 15.6 Å². The van der Waals surface area contributed by atoms with Gasteiger partial charge in [-0.15, -0.1) is 0 Å². The smallest absolute Gasteiger partial charge is 0.261 e. The highest BCUT2D eigenvalue weighted by Gasteiger charge is 2.32. The molecule has 1 aromatic heterocycles. The van der Waals surface area contributed by atoms with Crippen LogP contribution >= 0.6 is 11.6 Å². The summed E-state index contributed by atoms with van der Waals surface area (Å²) < 4.78 is 33.5. The number of benzene rings is 2. The molecule has 0 radical (unpaired) electrons. The van der Waals surface area contributed by atoms with Crippen molar-refractivity contribution in [2.75, 3.05) is 4.72 Å². The predicted molar refractivity (Wildman–Crippen MR) is 120 cm³/mol. The van der Waals surface area contributed by atoms with Gasteiger partial charge in [-0.25, -0.2) is 8.42 Å². The van der Waals surface area contributed by atoms with Crippen LogP contribution in [-0.2, 0) is 10.0 Å². The first-order valence-corrected chi connectivity index (χ1v) is 12.1. The maximum atomic E-state index is 12.9. The molecular formula is C22H23ClN4O4S. The van der Waals surface area contributed by atoms with Crippen LogP contribution in [0.5, 0.6) is 0 Å². The van der Waals surface area contributed by atoms with Crippen LogP contribution in [0.2, 0.25) is 5.02 Å². The Morgan fingerprint density at radius 3 is 2.59 bits per heavy atom. The summed E-state index contributed by atoms with van der Waals surface area (Å²) >= 11 is 6.06. The molecule has 32 heavy (non-hydrogen) atoms. The Labute approximate surface area is 191 Å². The van der Waals surface area contributed by atoms with Crippen LogP contribution < -0.4 is 10.0 Å². The lowest BCUT2D eigenvalue weighted by atomic mass is 10.0. The summed E-state index contributed by atoms with van der Waals surface area (Å²) in [6.45, 7) is 3.86. The number of hydrogen-bond donors (Lipinski definition) is 2. The van der Waals surface area contributed by atoms with E-state index >= 15 is 0 Å². The molecule has 1 saturated carbocycles. The topological polar surface area (TPSA) is 114 Å².